The summed E-state index contributed by atoms with van der Waals surface area (Å²) in [5.74, 6) is 0.0221. The molecule has 1 amide bonds. The van der Waals surface area contributed by atoms with Gasteiger partial charge in [0.15, 0.2) is 5.78 Å². The van der Waals surface area contributed by atoms with Gasteiger partial charge in [-0.25, -0.2) is 0 Å². The van der Waals surface area contributed by atoms with Crippen LogP contribution in [0, 0.1) is 11.3 Å². The third kappa shape index (κ3) is 3.27. The number of carbonyl (C=O) groups excluding carboxylic acids is 2. The van der Waals surface area contributed by atoms with Crippen LogP contribution < -0.4 is 5.32 Å². The third-order valence-electron chi connectivity index (χ3n) is 4.04. The van der Waals surface area contributed by atoms with Gasteiger partial charge >= 0.3 is 0 Å². The summed E-state index contributed by atoms with van der Waals surface area (Å²) < 4.78 is 0. The summed E-state index contributed by atoms with van der Waals surface area (Å²) in [6.07, 6.45) is 2.49. The van der Waals surface area contributed by atoms with Crippen LogP contribution in [0.15, 0.2) is 30.3 Å². The zero-order valence-electron chi connectivity index (χ0n) is 12.5. The molecule has 1 aromatic carbocycles. The monoisotopic (exact) mass is 273 g/mol. The van der Waals surface area contributed by atoms with Crippen molar-refractivity contribution >= 4 is 11.7 Å². The molecular weight excluding hydrogens is 250 g/mol. The maximum Gasteiger partial charge on any atom is 0.224 e. The number of amides is 1. The van der Waals surface area contributed by atoms with Crippen molar-refractivity contribution in [2.24, 2.45) is 11.3 Å². The summed E-state index contributed by atoms with van der Waals surface area (Å²) in [7, 11) is 0. The van der Waals surface area contributed by atoms with Crippen LogP contribution in [0.4, 0.5) is 0 Å². The second-order valence-electron chi connectivity index (χ2n) is 6.64. The van der Waals surface area contributed by atoms with Crippen molar-refractivity contribution in [1.29, 1.82) is 0 Å². The maximum absolute atomic E-state index is 12.4. The standard InChI is InChI=1S/C17H23NO2/c1-17(2,3)13-10-7-11-14(18-16(13)20)15(19)12-8-5-4-6-9-12/h4-6,8-9,13-14H,7,10-11H2,1-3H3,(H,18,20). The molecule has 1 saturated heterocycles. The Balaban J connectivity index is 2.13. The Bertz CT molecular complexity index is 487. The summed E-state index contributed by atoms with van der Waals surface area (Å²) >= 11 is 0. The van der Waals surface area contributed by atoms with Gasteiger partial charge in [-0.05, 0) is 18.3 Å². The van der Waals surface area contributed by atoms with Crippen molar-refractivity contribution in [2.75, 3.05) is 0 Å². The first-order valence-electron chi connectivity index (χ1n) is 7.29. The lowest BCUT2D eigenvalue weighted by Crippen LogP contribution is -2.44. The second-order valence-corrected chi connectivity index (χ2v) is 6.64. The molecule has 1 fully saturated rings. The lowest BCUT2D eigenvalue weighted by atomic mass is 9.78. The van der Waals surface area contributed by atoms with E-state index in [4.69, 9.17) is 0 Å². The predicted molar refractivity (Wildman–Crippen MR) is 79.5 cm³/mol. The number of carbonyl (C=O) groups is 2. The minimum atomic E-state index is -0.378. The van der Waals surface area contributed by atoms with Crippen LogP contribution in [0.1, 0.15) is 50.4 Å². The highest BCUT2D eigenvalue weighted by molar-refractivity contribution is 6.02. The summed E-state index contributed by atoms with van der Waals surface area (Å²) in [6, 6.07) is 8.82. The van der Waals surface area contributed by atoms with E-state index >= 15 is 0 Å². The summed E-state index contributed by atoms with van der Waals surface area (Å²) in [4.78, 5) is 24.8. The largest absolute Gasteiger partial charge is 0.346 e. The van der Waals surface area contributed by atoms with Crippen LogP contribution in [-0.2, 0) is 4.79 Å². The first-order chi connectivity index (χ1) is 9.39. The van der Waals surface area contributed by atoms with Crippen LogP contribution in [0.2, 0.25) is 0 Å². The van der Waals surface area contributed by atoms with Gasteiger partial charge in [-0.1, -0.05) is 57.5 Å². The fourth-order valence-corrected chi connectivity index (χ4v) is 2.83. The Morgan fingerprint density at radius 2 is 1.80 bits per heavy atom. The molecule has 108 valence electrons. The molecule has 0 spiro atoms. The summed E-state index contributed by atoms with van der Waals surface area (Å²) in [5.41, 5.74) is 0.612. The highest BCUT2D eigenvalue weighted by Gasteiger charge is 2.35. The lowest BCUT2D eigenvalue weighted by molar-refractivity contribution is -0.128. The zero-order valence-corrected chi connectivity index (χ0v) is 12.5. The number of Topliss-reactive ketones (excluding diaryl/α,β-unsaturated/α-hetero) is 1. The number of hydrogen-bond acceptors (Lipinski definition) is 2. The van der Waals surface area contributed by atoms with Crippen molar-refractivity contribution in [3.05, 3.63) is 35.9 Å². The highest BCUT2D eigenvalue weighted by Crippen LogP contribution is 2.32. The molecule has 20 heavy (non-hydrogen) atoms. The number of nitrogens with one attached hydrogen (secondary N) is 1. The Morgan fingerprint density at radius 1 is 1.15 bits per heavy atom. The van der Waals surface area contributed by atoms with E-state index in [0.717, 1.165) is 19.3 Å². The maximum atomic E-state index is 12.4. The Labute approximate surface area is 120 Å². The summed E-state index contributed by atoms with van der Waals surface area (Å²) in [5, 5.41) is 2.95. The number of rotatable bonds is 2. The minimum Gasteiger partial charge on any atom is -0.346 e. The molecule has 1 N–H and O–H groups in total. The van der Waals surface area contributed by atoms with Gasteiger partial charge in [-0.3, -0.25) is 9.59 Å². The average Bonchev–Trinajstić information content (AvgIpc) is 2.60. The average molecular weight is 273 g/mol. The third-order valence-corrected chi connectivity index (χ3v) is 4.04. The van der Waals surface area contributed by atoms with E-state index in [2.05, 4.69) is 26.1 Å². The van der Waals surface area contributed by atoms with E-state index in [1.54, 1.807) is 12.1 Å². The van der Waals surface area contributed by atoms with E-state index < -0.39 is 0 Å². The molecule has 0 aromatic heterocycles. The molecule has 3 nitrogen and oxygen atoms in total. The highest BCUT2D eigenvalue weighted by atomic mass is 16.2. The fourth-order valence-electron chi connectivity index (χ4n) is 2.83. The second kappa shape index (κ2) is 5.78. The van der Waals surface area contributed by atoms with E-state index in [1.165, 1.54) is 0 Å². The fraction of sp³-hybridized carbons (Fsp3) is 0.529. The van der Waals surface area contributed by atoms with Crippen molar-refractivity contribution < 1.29 is 9.59 Å². The van der Waals surface area contributed by atoms with Crippen LogP contribution >= 0.6 is 0 Å². The number of benzene rings is 1. The van der Waals surface area contributed by atoms with E-state index in [-0.39, 0.29) is 29.1 Å². The van der Waals surface area contributed by atoms with E-state index in [9.17, 15) is 9.59 Å². The lowest BCUT2D eigenvalue weighted by Gasteiger charge is -2.28. The van der Waals surface area contributed by atoms with Gasteiger partial charge < -0.3 is 5.32 Å². The molecule has 2 rings (SSSR count). The van der Waals surface area contributed by atoms with Crippen LogP contribution in [0.3, 0.4) is 0 Å². The van der Waals surface area contributed by atoms with Gasteiger partial charge in [-0.15, -0.1) is 0 Å². The smallest absolute Gasteiger partial charge is 0.224 e. The van der Waals surface area contributed by atoms with Crippen molar-refractivity contribution in [3.63, 3.8) is 0 Å². The minimum absolute atomic E-state index is 0.0175. The van der Waals surface area contributed by atoms with Crippen molar-refractivity contribution in [3.8, 4) is 0 Å². The van der Waals surface area contributed by atoms with Crippen LogP contribution in [0.25, 0.3) is 0 Å². The first kappa shape index (κ1) is 14.8. The number of ketones is 1. The normalized spacial score (nSPS) is 23.9. The molecule has 1 aliphatic heterocycles. The van der Waals surface area contributed by atoms with Gasteiger partial charge in [0, 0.05) is 11.5 Å². The first-order valence-corrected chi connectivity index (χ1v) is 7.29. The van der Waals surface area contributed by atoms with Gasteiger partial charge in [0.05, 0.1) is 6.04 Å². The van der Waals surface area contributed by atoms with Gasteiger partial charge in [-0.2, -0.15) is 0 Å². The molecule has 1 aliphatic rings. The van der Waals surface area contributed by atoms with Crippen LogP contribution in [-0.4, -0.2) is 17.7 Å². The van der Waals surface area contributed by atoms with Crippen LogP contribution in [0.5, 0.6) is 0 Å². The van der Waals surface area contributed by atoms with Crippen molar-refractivity contribution in [1.82, 2.24) is 5.32 Å². The molecular formula is C17H23NO2. The molecule has 2 atom stereocenters. The molecule has 2 unspecified atom stereocenters. The van der Waals surface area contributed by atoms with E-state index in [0.29, 0.717) is 5.56 Å². The zero-order chi connectivity index (χ0) is 14.8. The summed E-state index contributed by atoms with van der Waals surface area (Å²) in [6.45, 7) is 6.24. The number of hydrogen-bond donors (Lipinski definition) is 1. The van der Waals surface area contributed by atoms with E-state index in [1.807, 2.05) is 18.2 Å². The predicted octanol–water partition coefficient (Wildman–Crippen LogP) is 3.20. The molecule has 1 heterocycles. The van der Waals surface area contributed by atoms with Gasteiger partial charge in [0.25, 0.3) is 0 Å². The SMILES string of the molecule is CC(C)(C)C1CCCC(C(=O)c2ccccc2)NC1=O. The Kier molecular flexibility index (Phi) is 4.26. The molecule has 1 aromatic rings. The molecule has 0 aliphatic carbocycles. The topological polar surface area (TPSA) is 46.2 Å². The molecule has 0 radical (unpaired) electrons. The molecule has 0 saturated carbocycles. The quantitative estimate of drug-likeness (QED) is 0.841. The molecule has 3 heteroatoms. The Hall–Kier alpha value is -1.64. The van der Waals surface area contributed by atoms with Gasteiger partial charge in [0.2, 0.25) is 5.91 Å². The molecule has 0 bridgehead atoms. The Morgan fingerprint density at radius 3 is 2.40 bits per heavy atom. The van der Waals surface area contributed by atoms with Crippen molar-refractivity contribution in [2.45, 2.75) is 46.1 Å². The van der Waals surface area contributed by atoms with Gasteiger partial charge in [0.1, 0.15) is 0 Å².